The van der Waals surface area contributed by atoms with E-state index in [9.17, 15) is 19.2 Å². The number of ketones is 1. The quantitative estimate of drug-likeness (QED) is 0.306. The van der Waals surface area contributed by atoms with Crippen LogP contribution in [0.15, 0.2) is 0 Å². The Bertz CT molecular complexity index is 5050. The van der Waals surface area contributed by atoms with Gasteiger partial charge in [-0.15, -0.1) is 24.6 Å². The second kappa shape index (κ2) is 59.5. The first-order valence-corrected chi connectivity index (χ1v) is 24.0. The van der Waals surface area contributed by atoms with Crippen molar-refractivity contribution >= 4 is 35.3 Å². The minimum atomic E-state index is -0.425. The van der Waals surface area contributed by atoms with Crippen molar-refractivity contribution < 1.29 is 19.2 Å². The third kappa shape index (κ3) is 54.0. The van der Waals surface area contributed by atoms with Crippen LogP contribution >= 0.6 is 11.8 Å². The maximum Gasteiger partial charge on any atom is 0.244 e. The Morgan fingerprint density at radius 1 is 0.341 bits per heavy atom. The van der Waals surface area contributed by atoms with Crippen molar-refractivity contribution in [2.24, 2.45) is 0 Å². The number of imide groups is 1. The molecule has 1 aliphatic rings. The molecular formula is C81H18N2O4S. The normalized spacial score (nSPS) is 7.05. The van der Waals surface area contributed by atoms with Crippen LogP contribution in [0, 0.1) is 415 Å². The fourth-order valence-electron chi connectivity index (χ4n) is 3.56. The minimum absolute atomic E-state index is 0.0642. The first-order valence-electron chi connectivity index (χ1n) is 22.9. The Balaban J connectivity index is 0.00000356. The van der Waals surface area contributed by atoms with Gasteiger partial charge in [0.15, 0.2) is 0 Å². The summed E-state index contributed by atoms with van der Waals surface area (Å²) in [5, 5.41) is 2.00. The molecule has 3 amide bonds. The van der Waals surface area contributed by atoms with E-state index < -0.39 is 5.25 Å². The van der Waals surface area contributed by atoms with E-state index in [-0.39, 0.29) is 36.6 Å². The topological polar surface area (TPSA) is 83.6 Å². The van der Waals surface area contributed by atoms with Gasteiger partial charge < -0.3 is 5.32 Å². The van der Waals surface area contributed by atoms with Gasteiger partial charge in [0, 0.05) is 333 Å². The molecule has 0 aromatic heterocycles. The fraction of sp³-hybridized carbons (Fsp3) is 0.0864. The lowest BCUT2D eigenvalue weighted by Crippen LogP contribution is -2.40. The van der Waals surface area contributed by atoms with Crippen molar-refractivity contribution in [1.29, 1.82) is 0 Å². The first-order chi connectivity index (χ1) is 43.3. The number of nitrogens with one attached hydrogen (secondary N) is 1. The maximum absolute atomic E-state index is 11.9. The Morgan fingerprint density at radius 2 is 0.511 bits per heavy atom. The molecule has 0 aromatic rings. The largest absolute Gasteiger partial charge is 0.338 e. The van der Waals surface area contributed by atoms with Crippen LogP contribution in [0.1, 0.15) is 26.7 Å². The van der Waals surface area contributed by atoms with E-state index in [0.29, 0.717) is 12.2 Å². The van der Waals surface area contributed by atoms with E-state index in [1.165, 1.54) is 25.6 Å². The van der Waals surface area contributed by atoms with Crippen molar-refractivity contribution in [1.82, 2.24) is 10.2 Å². The van der Waals surface area contributed by atoms with E-state index in [1.807, 2.05) is 0 Å². The molecule has 0 saturated carbocycles. The zero-order valence-corrected chi connectivity index (χ0v) is 46.4. The molecule has 0 aliphatic carbocycles. The molecule has 7 heteroatoms. The van der Waals surface area contributed by atoms with Crippen molar-refractivity contribution in [3.63, 3.8) is 0 Å². The number of hydrogen-bond donors (Lipinski definition) is 1. The number of terminal acetylenes is 2. The summed E-state index contributed by atoms with van der Waals surface area (Å²) in [6.45, 7) is 2.74. The smallest absolute Gasteiger partial charge is 0.244 e. The molecule has 6 nitrogen and oxygen atoms in total. The lowest BCUT2D eigenvalue weighted by Gasteiger charge is -2.14. The SMILES string of the molecule is C#CC#CC#CC#CC#CC#CC#CC#CC#CC#CC#CC#CC#CC#CC#CC#CC#CC#CC#CC#CC#CC#CC#CC#CC#CC#CC#CC#CC#CC#CC#CC#CC#CC#CC#C.CC(=O)CCSC1CC(=O)N(CNC(C)=O)C1=O. The summed E-state index contributed by atoms with van der Waals surface area (Å²) in [6.07, 6.45) is 10.4. The molecular weight excluding hydrogens is 1100 g/mol. The number of carbonyl (C=O) groups is 4. The van der Waals surface area contributed by atoms with Gasteiger partial charge in [0.25, 0.3) is 0 Å². The van der Waals surface area contributed by atoms with Crippen LogP contribution in [0.25, 0.3) is 0 Å². The van der Waals surface area contributed by atoms with Gasteiger partial charge >= 0.3 is 0 Å². The van der Waals surface area contributed by atoms with Gasteiger partial charge in [-0.3, -0.25) is 24.1 Å². The monoisotopic (exact) mass is 1110 g/mol. The van der Waals surface area contributed by atoms with E-state index in [0.717, 1.165) is 4.90 Å². The van der Waals surface area contributed by atoms with Crippen molar-refractivity contribution in [3.8, 4) is 415 Å². The summed E-state index contributed by atoms with van der Waals surface area (Å²) < 4.78 is 0. The second-order valence-corrected chi connectivity index (χ2v) is 13.9. The number of likely N-dealkylation sites (tertiary alicyclic amines) is 1. The summed E-state index contributed by atoms with van der Waals surface area (Å²) in [6, 6.07) is 0. The van der Waals surface area contributed by atoms with E-state index >= 15 is 0 Å². The van der Waals surface area contributed by atoms with Gasteiger partial charge in [0.05, 0.1) is 5.25 Å². The van der Waals surface area contributed by atoms with Gasteiger partial charge in [-0.05, 0) is 102 Å². The number of nitrogens with zero attached hydrogens (tertiary/aromatic N) is 1. The number of rotatable bonds is 6. The maximum atomic E-state index is 11.9. The molecule has 1 atom stereocenters. The van der Waals surface area contributed by atoms with Crippen molar-refractivity contribution in [3.05, 3.63) is 0 Å². The predicted octanol–water partition coefficient (Wildman–Crippen LogP) is 0.285. The summed E-state index contributed by atoms with van der Waals surface area (Å²) >= 11 is 1.32. The lowest BCUT2D eigenvalue weighted by atomic mass is 10.3. The summed E-state index contributed by atoms with van der Waals surface area (Å²) in [7, 11) is 0. The molecule has 1 rings (SSSR count). The van der Waals surface area contributed by atoms with Crippen LogP contribution in [0.5, 0.6) is 0 Å². The number of Topliss-reactive ketones (excluding diaryl/α,β-unsaturated/α-hetero) is 1. The average molecular weight is 1120 g/mol. The highest BCUT2D eigenvalue weighted by Crippen LogP contribution is 2.25. The molecule has 0 spiro atoms. The summed E-state index contributed by atoms with van der Waals surface area (Å²) in [5.74, 6) is 168. The van der Waals surface area contributed by atoms with Gasteiger partial charge in [-0.1, -0.05) is 0 Å². The number of hydrogen-bond acceptors (Lipinski definition) is 5. The average Bonchev–Trinajstić information content (AvgIpc) is 3.81. The highest BCUT2D eigenvalue weighted by atomic mass is 32.2. The van der Waals surface area contributed by atoms with Gasteiger partial charge in [0.2, 0.25) is 17.7 Å². The lowest BCUT2D eigenvalue weighted by molar-refractivity contribution is -0.139. The van der Waals surface area contributed by atoms with Crippen LogP contribution in [0.4, 0.5) is 0 Å². The Labute approximate surface area is 521 Å². The van der Waals surface area contributed by atoms with E-state index in [1.54, 1.807) is 0 Å². The van der Waals surface area contributed by atoms with Crippen molar-refractivity contribution in [2.75, 3.05) is 12.4 Å². The number of amides is 3. The molecule has 88 heavy (non-hydrogen) atoms. The van der Waals surface area contributed by atoms with Crippen LogP contribution in [0.2, 0.25) is 0 Å². The molecule has 1 heterocycles. The standard InChI is InChI=1S/C70H2.C11H16N2O4S/c1-3-5-7-9-11-13-15-17-19-21-23-25-27-29-31-33-35-37-39-41-43-45-47-49-51-53-55-57-59-61-63-65-67-69-70-68-66-64-62-60-58-56-54-52-50-48-46-44-42-40-38-36-34-32-30-28-26-24-22-20-18-16-14-12-10-8-6-4-2;1-7(14)3-4-18-9-5-10(16)13(11(9)17)6-12-8(2)15/h1-2H;9H,3-6H2,1-2H3,(H,12,15). The summed E-state index contributed by atoms with van der Waals surface area (Å²) in [4.78, 5) is 46.0. The molecule has 0 aromatic carbocycles. The fourth-order valence-corrected chi connectivity index (χ4v) is 4.78. The van der Waals surface area contributed by atoms with Crippen molar-refractivity contribution in [2.45, 2.75) is 31.9 Å². The Kier molecular flexibility index (Phi) is 48.1. The predicted molar refractivity (Wildman–Crippen MR) is 341 cm³/mol. The molecule has 1 N–H and O–H groups in total. The van der Waals surface area contributed by atoms with Gasteiger partial charge in [0.1, 0.15) is 12.5 Å². The molecule has 0 bridgehead atoms. The van der Waals surface area contributed by atoms with Crippen LogP contribution in [-0.4, -0.2) is 46.1 Å². The highest BCUT2D eigenvalue weighted by molar-refractivity contribution is 8.00. The number of carbonyl (C=O) groups excluding carboxylic acids is 4. The summed E-state index contributed by atoms with van der Waals surface area (Å²) in [5.41, 5.74) is 0. The molecule has 1 aliphatic heterocycles. The Hall–Kier alpha value is -16.8. The Morgan fingerprint density at radius 3 is 0.659 bits per heavy atom. The number of thioether (sulfide) groups is 1. The molecule has 0 radical (unpaired) electrons. The van der Waals surface area contributed by atoms with Crippen LogP contribution in [-0.2, 0) is 19.2 Å². The van der Waals surface area contributed by atoms with Crippen LogP contribution in [0.3, 0.4) is 0 Å². The third-order valence-corrected chi connectivity index (χ3v) is 7.88. The third-order valence-electron chi connectivity index (χ3n) is 6.67. The molecule has 1 fully saturated rings. The highest BCUT2D eigenvalue weighted by Gasteiger charge is 2.38. The minimum Gasteiger partial charge on any atom is -0.338 e. The second-order valence-electron chi connectivity index (χ2n) is 12.6. The zero-order chi connectivity index (χ0) is 63.8. The van der Waals surface area contributed by atoms with Crippen LogP contribution < -0.4 is 5.32 Å². The van der Waals surface area contributed by atoms with Gasteiger partial charge in [-0.2, -0.15) is 0 Å². The molecule has 382 valence electrons. The first kappa shape index (κ1) is 71.2. The molecule has 1 saturated heterocycles. The van der Waals surface area contributed by atoms with E-state index in [4.69, 9.17) is 12.8 Å². The van der Waals surface area contributed by atoms with E-state index in [2.05, 4.69) is 408 Å². The molecule has 1 unspecified atom stereocenters. The van der Waals surface area contributed by atoms with Gasteiger partial charge in [-0.25, -0.2) is 0 Å². The zero-order valence-electron chi connectivity index (χ0n) is 45.5.